The van der Waals surface area contributed by atoms with Crippen molar-refractivity contribution in [2.24, 2.45) is 5.73 Å². The van der Waals surface area contributed by atoms with Crippen LogP contribution in [0.5, 0.6) is 0 Å². The normalized spacial score (nSPS) is 12.8. The minimum absolute atomic E-state index is 0.109. The summed E-state index contributed by atoms with van der Waals surface area (Å²) in [7, 11) is -3.84. The van der Waals surface area contributed by atoms with Crippen LogP contribution in [0.1, 0.15) is 22.7 Å². The number of hydrogen-bond acceptors (Lipinski definition) is 3. The maximum Gasteiger partial charge on any atom is 0.241 e. The molecule has 0 aliphatic heterocycles. The zero-order valence-electron chi connectivity index (χ0n) is 12.4. The Morgan fingerprint density at radius 3 is 2.23 bits per heavy atom. The molecular formula is C16H18N2O3S. The first-order valence-electron chi connectivity index (χ1n) is 6.75. The Morgan fingerprint density at radius 1 is 1.05 bits per heavy atom. The van der Waals surface area contributed by atoms with E-state index in [1.54, 1.807) is 42.5 Å². The molecule has 3 N–H and O–H groups in total. The van der Waals surface area contributed by atoms with E-state index in [9.17, 15) is 13.2 Å². The highest BCUT2D eigenvalue weighted by atomic mass is 32.2. The van der Waals surface area contributed by atoms with E-state index in [0.717, 1.165) is 11.1 Å². The van der Waals surface area contributed by atoms with E-state index in [4.69, 9.17) is 5.73 Å². The van der Waals surface area contributed by atoms with Gasteiger partial charge in [-0.25, -0.2) is 8.42 Å². The molecule has 2 aromatic carbocycles. The lowest BCUT2D eigenvalue weighted by Crippen LogP contribution is -2.37. The molecule has 1 amide bonds. The van der Waals surface area contributed by atoms with Gasteiger partial charge in [0.25, 0.3) is 0 Å². The van der Waals surface area contributed by atoms with Crippen LogP contribution < -0.4 is 10.5 Å². The Hall–Kier alpha value is -2.18. The molecule has 0 saturated carbocycles. The quantitative estimate of drug-likeness (QED) is 0.881. The number of sulfonamides is 1. The summed E-state index contributed by atoms with van der Waals surface area (Å²) in [6.07, 6.45) is 0. The van der Waals surface area contributed by atoms with Crippen LogP contribution in [-0.4, -0.2) is 14.3 Å². The first kappa shape index (κ1) is 16.2. The molecule has 2 rings (SSSR count). The Labute approximate surface area is 130 Å². The Balaban J connectivity index is 2.36. The first-order valence-corrected chi connectivity index (χ1v) is 8.23. The van der Waals surface area contributed by atoms with E-state index < -0.39 is 22.0 Å². The minimum atomic E-state index is -3.84. The monoisotopic (exact) mass is 318 g/mol. The van der Waals surface area contributed by atoms with Gasteiger partial charge in [-0.3, -0.25) is 4.79 Å². The van der Waals surface area contributed by atoms with Crippen molar-refractivity contribution in [1.29, 1.82) is 0 Å². The molecule has 0 aromatic heterocycles. The van der Waals surface area contributed by atoms with Gasteiger partial charge in [0.05, 0.1) is 4.90 Å². The molecule has 116 valence electrons. The Kier molecular flexibility index (Phi) is 4.63. The number of nitrogens with one attached hydrogen (secondary N) is 1. The molecule has 2 aromatic rings. The van der Waals surface area contributed by atoms with E-state index in [-0.39, 0.29) is 4.90 Å². The number of hydrogen-bond donors (Lipinski definition) is 2. The third-order valence-electron chi connectivity index (χ3n) is 3.48. The molecule has 6 heteroatoms. The van der Waals surface area contributed by atoms with Crippen LogP contribution in [0.25, 0.3) is 0 Å². The fourth-order valence-corrected chi connectivity index (χ4v) is 3.32. The lowest BCUT2D eigenvalue weighted by Gasteiger charge is -2.16. The van der Waals surface area contributed by atoms with Gasteiger partial charge in [-0.2, -0.15) is 4.72 Å². The Bertz CT molecular complexity index is 786. The van der Waals surface area contributed by atoms with Crippen molar-refractivity contribution in [3.63, 3.8) is 0 Å². The van der Waals surface area contributed by atoms with Crippen LogP contribution in [0.4, 0.5) is 0 Å². The largest absolute Gasteiger partial charge is 0.368 e. The molecule has 0 saturated heterocycles. The maximum absolute atomic E-state index is 12.5. The van der Waals surface area contributed by atoms with Gasteiger partial charge in [-0.15, -0.1) is 0 Å². The van der Waals surface area contributed by atoms with Crippen LogP contribution >= 0.6 is 0 Å². The molecule has 0 fully saturated rings. The van der Waals surface area contributed by atoms with Crippen molar-refractivity contribution >= 4 is 15.9 Å². The maximum atomic E-state index is 12.5. The molecule has 0 heterocycles. The third kappa shape index (κ3) is 3.52. The number of aryl methyl sites for hydroxylation is 2. The SMILES string of the molecule is Cc1ccc(S(=O)(=O)N[C@H](C(N)=O)c2ccccc2)cc1C. The van der Waals surface area contributed by atoms with E-state index in [1.807, 2.05) is 13.8 Å². The van der Waals surface area contributed by atoms with Crippen LogP contribution in [0.2, 0.25) is 0 Å². The fraction of sp³-hybridized carbons (Fsp3) is 0.188. The summed E-state index contributed by atoms with van der Waals surface area (Å²) in [6.45, 7) is 3.73. The van der Waals surface area contributed by atoms with E-state index in [0.29, 0.717) is 5.56 Å². The number of carbonyl (C=O) groups is 1. The Morgan fingerprint density at radius 2 is 1.68 bits per heavy atom. The number of benzene rings is 2. The van der Waals surface area contributed by atoms with E-state index >= 15 is 0 Å². The standard InChI is InChI=1S/C16H18N2O3S/c1-11-8-9-14(10-12(11)2)22(20,21)18-15(16(17)19)13-6-4-3-5-7-13/h3-10,15,18H,1-2H3,(H2,17,19)/t15-/m0/s1. The molecule has 0 aliphatic carbocycles. The van der Waals surface area contributed by atoms with Crippen molar-refractivity contribution in [3.05, 3.63) is 65.2 Å². The van der Waals surface area contributed by atoms with Crippen LogP contribution in [0.15, 0.2) is 53.4 Å². The van der Waals surface area contributed by atoms with E-state index in [1.165, 1.54) is 6.07 Å². The molecule has 22 heavy (non-hydrogen) atoms. The van der Waals surface area contributed by atoms with Crippen molar-refractivity contribution in [1.82, 2.24) is 4.72 Å². The van der Waals surface area contributed by atoms with Crippen LogP contribution in [0, 0.1) is 13.8 Å². The number of carbonyl (C=O) groups excluding carboxylic acids is 1. The summed E-state index contributed by atoms with van der Waals surface area (Å²) < 4.78 is 27.3. The van der Waals surface area contributed by atoms with Crippen molar-refractivity contribution in [2.75, 3.05) is 0 Å². The second kappa shape index (κ2) is 6.29. The second-order valence-corrected chi connectivity index (χ2v) is 6.83. The summed E-state index contributed by atoms with van der Waals surface area (Å²) in [5.41, 5.74) is 7.70. The molecular weight excluding hydrogens is 300 g/mol. The average Bonchev–Trinajstić information content (AvgIpc) is 2.48. The minimum Gasteiger partial charge on any atom is -0.368 e. The third-order valence-corrected chi connectivity index (χ3v) is 4.90. The molecule has 0 spiro atoms. The van der Waals surface area contributed by atoms with Gasteiger partial charge >= 0.3 is 0 Å². The summed E-state index contributed by atoms with van der Waals surface area (Å²) in [5.74, 6) is -0.751. The highest BCUT2D eigenvalue weighted by Gasteiger charge is 2.25. The van der Waals surface area contributed by atoms with Crippen molar-refractivity contribution in [2.45, 2.75) is 24.8 Å². The highest BCUT2D eigenvalue weighted by Crippen LogP contribution is 2.19. The number of nitrogens with two attached hydrogens (primary N) is 1. The van der Waals surface area contributed by atoms with Gasteiger partial charge < -0.3 is 5.73 Å². The van der Waals surface area contributed by atoms with Crippen molar-refractivity contribution in [3.8, 4) is 0 Å². The average molecular weight is 318 g/mol. The second-order valence-electron chi connectivity index (χ2n) is 5.11. The molecule has 0 unspecified atom stereocenters. The fourth-order valence-electron chi connectivity index (χ4n) is 2.04. The summed E-state index contributed by atoms with van der Waals surface area (Å²) in [4.78, 5) is 11.7. The van der Waals surface area contributed by atoms with Gasteiger partial charge in [0, 0.05) is 0 Å². The smallest absolute Gasteiger partial charge is 0.241 e. The van der Waals surface area contributed by atoms with Crippen molar-refractivity contribution < 1.29 is 13.2 Å². The zero-order valence-corrected chi connectivity index (χ0v) is 13.2. The topological polar surface area (TPSA) is 89.3 Å². The van der Waals surface area contributed by atoms with Crippen LogP contribution in [0.3, 0.4) is 0 Å². The summed E-state index contributed by atoms with van der Waals surface area (Å²) >= 11 is 0. The highest BCUT2D eigenvalue weighted by molar-refractivity contribution is 7.89. The molecule has 0 aliphatic rings. The molecule has 0 bridgehead atoms. The number of rotatable bonds is 5. The number of amides is 1. The predicted molar refractivity (Wildman–Crippen MR) is 84.6 cm³/mol. The molecule has 0 radical (unpaired) electrons. The van der Waals surface area contributed by atoms with E-state index in [2.05, 4.69) is 4.72 Å². The summed E-state index contributed by atoms with van der Waals surface area (Å²) in [6, 6.07) is 12.2. The lowest BCUT2D eigenvalue weighted by molar-refractivity contribution is -0.119. The predicted octanol–water partition coefficient (Wildman–Crippen LogP) is 1.81. The van der Waals surface area contributed by atoms with Crippen LogP contribution in [-0.2, 0) is 14.8 Å². The lowest BCUT2D eigenvalue weighted by atomic mass is 10.1. The number of primary amides is 1. The van der Waals surface area contributed by atoms with Gasteiger partial charge in [-0.05, 0) is 42.7 Å². The zero-order chi connectivity index (χ0) is 16.3. The first-order chi connectivity index (χ1) is 10.3. The van der Waals surface area contributed by atoms with Gasteiger partial charge in [0.1, 0.15) is 6.04 Å². The van der Waals surface area contributed by atoms with Gasteiger partial charge in [0.15, 0.2) is 0 Å². The summed E-state index contributed by atoms with van der Waals surface area (Å²) in [5, 5.41) is 0. The van der Waals surface area contributed by atoms with Gasteiger partial charge in [-0.1, -0.05) is 36.4 Å². The molecule has 1 atom stereocenters. The van der Waals surface area contributed by atoms with Gasteiger partial charge in [0.2, 0.25) is 15.9 Å². The molecule has 5 nitrogen and oxygen atoms in total.